The van der Waals surface area contributed by atoms with Crippen molar-refractivity contribution in [1.82, 2.24) is 5.32 Å². The van der Waals surface area contributed by atoms with Gasteiger partial charge in [0, 0.05) is 12.0 Å². The Morgan fingerprint density at radius 3 is 2.56 bits per heavy atom. The Morgan fingerprint density at radius 2 is 2.00 bits per heavy atom. The Balaban J connectivity index is 2.08. The van der Waals surface area contributed by atoms with Crippen molar-refractivity contribution in [3.63, 3.8) is 0 Å². The normalized spacial score (nSPS) is 32.6. The van der Waals surface area contributed by atoms with Crippen molar-refractivity contribution in [2.75, 3.05) is 13.1 Å². The number of fused-ring (bicyclic) bond motifs is 1. The van der Waals surface area contributed by atoms with Crippen LogP contribution in [0.5, 0.6) is 0 Å². The molecule has 3 rings (SSSR count). The molecule has 16 heavy (non-hydrogen) atoms. The van der Waals surface area contributed by atoms with Crippen LogP contribution in [0.25, 0.3) is 0 Å². The lowest BCUT2D eigenvalue weighted by Gasteiger charge is -2.19. The first-order valence-corrected chi connectivity index (χ1v) is 5.41. The van der Waals surface area contributed by atoms with Crippen LogP contribution in [0, 0.1) is 5.92 Å². The third kappa shape index (κ3) is 1.29. The van der Waals surface area contributed by atoms with Crippen molar-refractivity contribution in [2.24, 2.45) is 5.92 Å². The Kier molecular flexibility index (Phi) is 1.90. The number of alkyl halides is 3. The van der Waals surface area contributed by atoms with Crippen LogP contribution in [0.2, 0.25) is 0 Å². The zero-order chi connectivity index (χ0) is 11.4. The maximum absolute atomic E-state index is 12.9. The van der Waals surface area contributed by atoms with E-state index in [1.54, 1.807) is 12.1 Å². The molecule has 1 nitrogen and oxygen atoms in total. The molecular formula is C12H12F3N. The Bertz CT molecular complexity index is 427. The SMILES string of the molecule is FC(F)(F)c1ccccc1[C@@]12CNC[C@H]1C2. The largest absolute Gasteiger partial charge is 0.416 e. The molecule has 1 aromatic rings. The zero-order valence-corrected chi connectivity index (χ0v) is 8.64. The predicted molar refractivity (Wildman–Crippen MR) is 54.1 cm³/mol. The molecule has 0 amide bonds. The minimum atomic E-state index is -4.24. The van der Waals surface area contributed by atoms with Gasteiger partial charge in [-0.25, -0.2) is 0 Å². The van der Waals surface area contributed by atoms with Gasteiger partial charge in [0.15, 0.2) is 0 Å². The van der Waals surface area contributed by atoms with Gasteiger partial charge in [-0.2, -0.15) is 13.2 Å². The van der Waals surface area contributed by atoms with Crippen LogP contribution in [0.1, 0.15) is 17.5 Å². The van der Waals surface area contributed by atoms with Crippen LogP contribution in [0.15, 0.2) is 24.3 Å². The molecule has 0 radical (unpaired) electrons. The van der Waals surface area contributed by atoms with Gasteiger partial charge in [-0.15, -0.1) is 0 Å². The molecule has 1 N–H and O–H groups in total. The van der Waals surface area contributed by atoms with Crippen molar-refractivity contribution in [1.29, 1.82) is 0 Å². The molecule has 0 aromatic heterocycles. The molecule has 0 unspecified atom stereocenters. The molecule has 2 atom stereocenters. The Morgan fingerprint density at radius 1 is 1.25 bits per heavy atom. The van der Waals surface area contributed by atoms with Crippen LogP contribution >= 0.6 is 0 Å². The molecular weight excluding hydrogens is 215 g/mol. The smallest absolute Gasteiger partial charge is 0.316 e. The monoisotopic (exact) mass is 227 g/mol. The summed E-state index contributed by atoms with van der Waals surface area (Å²) in [5.74, 6) is 0.399. The second kappa shape index (κ2) is 3.00. The van der Waals surface area contributed by atoms with Crippen molar-refractivity contribution in [3.05, 3.63) is 35.4 Å². The number of halogens is 3. The average Bonchev–Trinajstić information content (AvgIpc) is 2.81. The summed E-state index contributed by atoms with van der Waals surface area (Å²) in [4.78, 5) is 0. The first kappa shape index (κ1) is 10.1. The van der Waals surface area contributed by atoms with Crippen molar-refractivity contribution >= 4 is 0 Å². The summed E-state index contributed by atoms with van der Waals surface area (Å²) in [6, 6.07) is 5.99. The third-order valence-electron chi connectivity index (χ3n) is 3.83. The van der Waals surface area contributed by atoms with E-state index >= 15 is 0 Å². The van der Waals surface area contributed by atoms with Gasteiger partial charge in [0.05, 0.1) is 5.56 Å². The fourth-order valence-corrected chi connectivity index (χ4v) is 2.92. The fourth-order valence-electron chi connectivity index (χ4n) is 2.92. The van der Waals surface area contributed by atoms with E-state index in [4.69, 9.17) is 0 Å². The number of nitrogens with one attached hydrogen (secondary N) is 1. The van der Waals surface area contributed by atoms with Crippen LogP contribution in [-0.2, 0) is 11.6 Å². The van der Waals surface area contributed by atoms with E-state index in [0.29, 0.717) is 18.0 Å². The molecule has 4 heteroatoms. The fraction of sp³-hybridized carbons (Fsp3) is 0.500. The van der Waals surface area contributed by atoms with Gasteiger partial charge in [-0.1, -0.05) is 18.2 Å². The summed E-state index contributed by atoms with van der Waals surface area (Å²) in [7, 11) is 0. The summed E-state index contributed by atoms with van der Waals surface area (Å²) in [5, 5.41) is 3.17. The molecule has 1 saturated carbocycles. The number of hydrogen-bond acceptors (Lipinski definition) is 1. The topological polar surface area (TPSA) is 12.0 Å². The van der Waals surface area contributed by atoms with Gasteiger partial charge in [0.1, 0.15) is 0 Å². The summed E-state index contributed by atoms with van der Waals surface area (Å²) >= 11 is 0. The summed E-state index contributed by atoms with van der Waals surface area (Å²) in [6.45, 7) is 1.54. The molecule has 2 aliphatic rings. The van der Waals surface area contributed by atoms with E-state index in [0.717, 1.165) is 13.0 Å². The van der Waals surface area contributed by atoms with Crippen molar-refractivity contribution in [3.8, 4) is 0 Å². The van der Waals surface area contributed by atoms with Gasteiger partial charge in [-0.3, -0.25) is 0 Å². The average molecular weight is 227 g/mol. The van der Waals surface area contributed by atoms with Crippen LogP contribution in [-0.4, -0.2) is 13.1 Å². The molecule has 86 valence electrons. The number of rotatable bonds is 1. The quantitative estimate of drug-likeness (QED) is 0.777. The lowest BCUT2D eigenvalue weighted by molar-refractivity contribution is -0.138. The molecule has 1 aliphatic heterocycles. The number of piperidine rings is 1. The second-order valence-corrected chi connectivity index (χ2v) is 4.73. The van der Waals surface area contributed by atoms with E-state index in [9.17, 15) is 13.2 Å². The lowest BCUT2D eigenvalue weighted by Crippen LogP contribution is -2.22. The first-order valence-electron chi connectivity index (χ1n) is 5.41. The van der Waals surface area contributed by atoms with Gasteiger partial charge < -0.3 is 5.32 Å². The molecule has 0 spiro atoms. The molecule has 1 aliphatic carbocycles. The second-order valence-electron chi connectivity index (χ2n) is 4.73. The molecule has 0 bridgehead atoms. The van der Waals surface area contributed by atoms with Gasteiger partial charge >= 0.3 is 6.18 Å². The van der Waals surface area contributed by atoms with Crippen LogP contribution in [0.3, 0.4) is 0 Å². The van der Waals surface area contributed by atoms with Crippen molar-refractivity contribution < 1.29 is 13.2 Å². The maximum atomic E-state index is 12.9. The van der Waals surface area contributed by atoms with E-state index in [1.807, 2.05) is 0 Å². The molecule has 2 fully saturated rings. The predicted octanol–water partition coefficient (Wildman–Crippen LogP) is 2.57. The Labute approximate surface area is 91.7 Å². The number of hydrogen-bond donors (Lipinski definition) is 1. The summed E-state index contributed by atoms with van der Waals surface area (Å²) in [5.41, 5.74) is -0.203. The summed E-state index contributed by atoms with van der Waals surface area (Å²) in [6.07, 6.45) is -3.34. The van der Waals surface area contributed by atoms with Gasteiger partial charge in [0.25, 0.3) is 0 Å². The van der Waals surface area contributed by atoms with E-state index in [2.05, 4.69) is 5.32 Å². The van der Waals surface area contributed by atoms with Gasteiger partial charge in [-0.05, 0) is 30.5 Å². The first-order chi connectivity index (χ1) is 7.54. The maximum Gasteiger partial charge on any atom is 0.416 e. The Hall–Kier alpha value is -1.03. The van der Waals surface area contributed by atoms with E-state index in [-0.39, 0.29) is 5.41 Å². The molecule has 1 saturated heterocycles. The molecule has 1 aromatic carbocycles. The van der Waals surface area contributed by atoms with Gasteiger partial charge in [0.2, 0.25) is 0 Å². The van der Waals surface area contributed by atoms with E-state index in [1.165, 1.54) is 12.1 Å². The number of benzene rings is 1. The third-order valence-corrected chi connectivity index (χ3v) is 3.83. The highest BCUT2D eigenvalue weighted by Crippen LogP contribution is 2.58. The summed E-state index contributed by atoms with van der Waals surface area (Å²) < 4.78 is 38.6. The minimum Gasteiger partial charge on any atom is -0.316 e. The van der Waals surface area contributed by atoms with E-state index < -0.39 is 11.7 Å². The standard InChI is InChI=1S/C12H12F3N/c13-12(14,15)10-4-2-1-3-9(10)11-5-8(11)6-16-7-11/h1-4,8,16H,5-7H2/t8-,11+/m1/s1. The van der Waals surface area contributed by atoms with Crippen LogP contribution in [0.4, 0.5) is 13.2 Å². The minimum absolute atomic E-state index is 0.230. The highest BCUT2D eigenvalue weighted by Gasteiger charge is 2.60. The van der Waals surface area contributed by atoms with Crippen LogP contribution < -0.4 is 5.32 Å². The molecule has 1 heterocycles. The van der Waals surface area contributed by atoms with Crippen molar-refractivity contribution in [2.45, 2.75) is 18.0 Å². The highest BCUT2D eigenvalue weighted by molar-refractivity contribution is 5.43. The zero-order valence-electron chi connectivity index (χ0n) is 8.64. The lowest BCUT2D eigenvalue weighted by atomic mass is 9.90. The highest BCUT2D eigenvalue weighted by atomic mass is 19.4.